The second-order valence-corrected chi connectivity index (χ2v) is 21.2. The number of piperidine rings is 1. The molecule has 5 aliphatic heterocycles. The second-order valence-electron chi connectivity index (χ2n) is 21.2. The summed E-state index contributed by atoms with van der Waals surface area (Å²) in [6.45, 7) is 10.8. The van der Waals surface area contributed by atoms with E-state index < -0.39 is 111 Å². The van der Waals surface area contributed by atoms with Crippen LogP contribution < -0.4 is 5.32 Å². The second kappa shape index (κ2) is 17.3. The Morgan fingerprint density at radius 1 is 0.694 bits per heavy atom. The van der Waals surface area contributed by atoms with Gasteiger partial charge in [0.15, 0.2) is 18.9 Å². The van der Waals surface area contributed by atoms with Gasteiger partial charge in [0.1, 0.15) is 72.9 Å². The molecule has 9 aliphatic rings. The van der Waals surface area contributed by atoms with E-state index >= 15 is 0 Å². The molecule has 0 unspecified atom stereocenters. The summed E-state index contributed by atoms with van der Waals surface area (Å²) < 4.78 is 43.9. The van der Waals surface area contributed by atoms with Gasteiger partial charge in [0.05, 0.1) is 31.5 Å². The lowest BCUT2D eigenvalue weighted by Crippen LogP contribution is -2.67. The van der Waals surface area contributed by atoms with Gasteiger partial charge in [0.25, 0.3) is 0 Å². The zero-order chi connectivity index (χ0) is 44.2. The number of aliphatic hydroxyl groups excluding tert-OH is 9. The average molecular weight is 884 g/mol. The number of allylic oxidation sites excluding steroid dienone is 1. The standard InChI is InChI=1S/C45H73NO16/c1-19-8-13-45(46-16-19)20(2)30-27(62-45)15-26-24-7-6-22-14-23(9-11-43(22,4)25(24)10-12-44(26,30)5)57-42-39(61-40-36(54)34(52)31(49)21(3)56-40)38(33(51)29(18-48)59-42)60-41-37(55)35(53)32(50)28(17-47)58-41/h6,19-21,23-42,46-55H,7-18H2,1-5H3/t19-,20+,21+,23+,24-,25+,26+,27+,28-,29-,30+,31+,32-,33+,34-,35+,36-,37-,38+,39-,40-,41+,42-,43+,44+,45+/m1/s1. The Labute approximate surface area is 364 Å². The number of hydrogen-bond acceptors (Lipinski definition) is 17. The third-order valence-corrected chi connectivity index (χ3v) is 17.9. The van der Waals surface area contributed by atoms with Crippen LogP contribution in [-0.4, -0.2) is 176 Å². The topological polar surface area (TPSA) is 259 Å². The Morgan fingerprint density at radius 2 is 1.35 bits per heavy atom. The molecule has 17 nitrogen and oxygen atoms in total. The molecule has 17 heteroatoms. The highest BCUT2D eigenvalue weighted by molar-refractivity contribution is 5.26. The fourth-order valence-electron chi connectivity index (χ4n) is 14.2. The van der Waals surface area contributed by atoms with Gasteiger partial charge >= 0.3 is 0 Å². The lowest BCUT2D eigenvalue weighted by atomic mass is 9.47. The Balaban J connectivity index is 0.940. The van der Waals surface area contributed by atoms with Gasteiger partial charge in [-0.1, -0.05) is 39.3 Å². The van der Waals surface area contributed by atoms with Crippen molar-refractivity contribution >= 4 is 0 Å². The molecule has 8 fully saturated rings. The molecule has 10 N–H and O–H groups in total. The quantitative estimate of drug-likeness (QED) is 0.142. The zero-order valence-corrected chi connectivity index (χ0v) is 36.7. The predicted octanol–water partition coefficient (Wildman–Crippen LogP) is -0.213. The van der Waals surface area contributed by atoms with Crippen molar-refractivity contribution in [1.82, 2.24) is 5.32 Å². The van der Waals surface area contributed by atoms with E-state index in [-0.39, 0.29) is 22.7 Å². The maximum Gasteiger partial charge on any atom is 0.187 e. The van der Waals surface area contributed by atoms with Gasteiger partial charge in [0, 0.05) is 12.5 Å². The van der Waals surface area contributed by atoms with E-state index in [9.17, 15) is 46.0 Å². The molecule has 62 heavy (non-hydrogen) atoms. The molecule has 0 aromatic rings. The monoisotopic (exact) mass is 883 g/mol. The number of hydrogen-bond donors (Lipinski definition) is 10. The van der Waals surface area contributed by atoms with Gasteiger partial charge in [-0.15, -0.1) is 0 Å². The zero-order valence-electron chi connectivity index (χ0n) is 36.7. The van der Waals surface area contributed by atoms with E-state index in [0.29, 0.717) is 48.3 Å². The minimum absolute atomic E-state index is 0.0361. The molecule has 3 saturated carbocycles. The van der Waals surface area contributed by atoms with Crippen molar-refractivity contribution in [2.24, 2.45) is 46.3 Å². The van der Waals surface area contributed by atoms with Gasteiger partial charge < -0.3 is 79.1 Å². The van der Waals surface area contributed by atoms with Crippen LogP contribution in [0.5, 0.6) is 0 Å². The molecule has 5 heterocycles. The first-order valence-electron chi connectivity index (χ1n) is 23.5. The van der Waals surface area contributed by atoms with Crippen LogP contribution >= 0.6 is 0 Å². The van der Waals surface area contributed by atoms with E-state index in [2.05, 4.69) is 39.1 Å². The molecule has 354 valence electrons. The molecule has 1 spiro atoms. The van der Waals surface area contributed by atoms with Crippen LogP contribution in [0.2, 0.25) is 0 Å². The lowest BCUT2D eigenvalue weighted by Gasteiger charge is -2.59. The molecule has 5 saturated heterocycles. The molecular weight excluding hydrogens is 810 g/mol. The van der Waals surface area contributed by atoms with Gasteiger partial charge in [-0.2, -0.15) is 0 Å². The van der Waals surface area contributed by atoms with Gasteiger partial charge in [-0.05, 0) is 105 Å². The molecule has 4 aliphatic carbocycles. The summed E-state index contributed by atoms with van der Waals surface area (Å²) in [6.07, 6.45) is -11.9. The SMILES string of the molecule is C[C@@H]1CC[C@]2(NC1)O[C@H]1C[C@H]3[C@@H]4CC=C5C[C@@H](O[C@@H]6O[C@H](CO)[C@H](O)[C@H](O[C@@H]7O[C@H](CO)[C@@H](O)[C@H](O)[C@H]7O)[C@H]6O[C@H]6O[C@@H](C)[C@H](O)[C@@H](O)[C@H]6O)CC[C@]5(C)[C@H]4CC[C@]3(C)[C@H]1[C@@H]2C. The third kappa shape index (κ3) is 7.49. The van der Waals surface area contributed by atoms with E-state index in [0.717, 1.165) is 38.6 Å². The van der Waals surface area contributed by atoms with Crippen molar-refractivity contribution in [3.63, 3.8) is 0 Å². The molecule has 0 radical (unpaired) electrons. The Kier molecular flexibility index (Phi) is 12.9. The smallest absolute Gasteiger partial charge is 0.187 e. The van der Waals surface area contributed by atoms with Crippen molar-refractivity contribution in [2.75, 3.05) is 19.8 Å². The predicted molar refractivity (Wildman–Crippen MR) is 216 cm³/mol. The summed E-state index contributed by atoms with van der Waals surface area (Å²) in [6, 6.07) is 0. The van der Waals surface area contributed by atoms with Gasteiger partial charge in [-0.3, -0.25) is 5.32 Å². The number of rotatable bonds is 8. The van der Waals surface area contributed by atoms with Crippen LogP contribution in [0, 0.1) is 46.3 Å². The van der Waals surface area contributed by atoms with E-state index in [4.69, 9.17) is 33.2 Å². The van der Waals surface area contributed by atoms with Crippen LogP contribution in [0.1, 0.15) is 92.4 Å². The fraction of sp³-hybridized carbons (Fsp3) is 0.956. The van der Waals surface area contributed by atoms with Crippen molar-refractivity contribution in [3.8, 4) is 0 Å². The summed E-state index contributed by atoms with van der Waals surface area (Å²) in [4.78, 5) is 0. The minimum atomic E-state index is -1.84. The van der Waals surface area contributed by atoms with Crippen molar-refractivity contribution in [3.05, 3.63) is 11.6 Å². The highest BCUT2D eigenvalue weighted by atomic mass is 16.8. The first-order valence-corrected chi connectivity index (χ1v) is 23.5. The summed E-state index contributed by atoms with van der Waals surface area (Å²) in [5, 5.41) is 99.7. The fourth-order valence-corrected chi connectivity index (χ4v) is 14.2. The summed E-state index contributed by atoms with van der Waals surface area (Å²) in [5.41, 5.74) is 1.32. The minimum Gasteiger partial charge on any atom is -0.394 e. The number of fused-ring (bicyclic) bond motifs is 7. The molecule has 0 aromatic carbocycles. The highest BCUT2D eigenvalue weighted by Crippen LogP contribution is 2.70. The van der Waals surface area contributed by atoms with Crippen molar-refractivity contribution in [2.45, 2.75) is 202 Å². The van der Waals surface area contributed by atoms with Crippen molar-refractivity contribution in [1.29, 1.82) is 0 Å². The first kappa shape index (κ1) is 46.2. The molecular formula is C45H73NO16. The maximum atomic E-state index is 11.6. The van der Waals surface area contributed by atoms with E-state index in [1.807, 2.05) is 0 Å². The van der Waals surface area contributed by atoms with Crippen LogP contribution in [0.15, 0.2) is 11.6 Å². The largest absolute Gasteiger partial charge is 0.394 e. The molecule has 0 aromatic heterocycles. The summed E-state index contributed by atoms with van der Waals surface area (Å²) >= 11 is 0. The van der Waals surface area contributed by atoms with Crippen LogP contribution in [0.3, 0.4) is 0 Å². The third-order valence-electron chi connectivity index (χ3n) is 17.9. The van der Waals surface area contributed by atoms with Gasteiger partial charge in [0.2, 0.25) is 0 Å². The summed E-state index contributed by atoms with van der Waals surface area (Å²) in [5.74, 6) is 3.32. The molecule has 0 bridgehead atoms. The molecule has 9 rings (SSSR count). The van der Waals surface area contributed by atoms with Crippen LogP contribution in [0.25, 0.3) is 0 Å². The number of ether oxygens (including phenoxy) is 7. The van der Waals surface area contributed by atoms with Gasteiger partial charge in [-0.25, -0.2) is 0 Å². The average Bonchev–Trinajstić information content (AvgIpc) is 3.70. The number of aliphatic hydroxyl groups is 9. The Bertz CT molecular complexity index is 1610. The highest BCUT2D eigenvalue weighted by Gasteiger charge is 2.68. The first-order chi connectivity index (χ1) is 29.4. The Morgan fingerprint density at radius 3 is 2.05 bits per heavy atom. The Hall–Kier alpha value is -0.940. The lowest BCUT2D eigenvalue weighted by molar-refractivity contribution is -0.394. The van der Waals surface area contributed by atoms with Crippen LogP contribution in [-0.2, 0) is 33.2 Å². The number of nitrogens with one attached hydrogen (secondary N) is 1. The normalized spacial score (nSPS) is 57.6. The molecule has 26 atom stereocenters. The molecule has 0 amide bonds. The van der Waals surface area contributed by atoms with E-state index in [1.54, 1.807) is 0 Å². The van der Waals surface area contributed by atoms with Crippen molar-refractivity contribution < 1.29 is 79.1 Å². The maximum absolute atomic E-state index is 11.6. The van der Waals surface area contributed by atoms with E-state index in [1.165, 1.54) is 25.3 Å². The van der Waals surface area contributed by atoms with Crippen LogP contribution in [0.4, 0.5) is 0 Å². The summed E-state index contributed by atoms with van der Waals surface area (Å²) in [7, 11) is 0.